The lowest BCUT2D eigenvalue weighted by molar-refractivity contribution is -0.118. The van der Waals surface area contributed by atoms with E-state index in [1.54, 1.807) is 18.0 Å². The highest BCUT2D eigenvalue weighted by atomic mass is 32.2. The summed E-state index contributed by atoms with van der Waals surface area (Å²) in [6, 6.07) is 9.56. The molecule has 21 heavy (non-hydrogen) atoms. The number of amides is 1. The number of thioether (sulfide) groups is 1. The molecule has 2 rings (SSSR count). The molecule has 0 saturated heterocycles. The molecule has 0 aliphatic rings. The average Bonchev–Trinajstić information content (AvgIpc) is 2.47. The van der Waals surface area contributed by atoms with Gasteiger partial charge in [-0.15, -0.1) is 11.8 Å². The number of hydrogen-bond acceptors (Lipinski definition) is 4. The first kappa shape index (κ1) is 15.4. The van der Waals surface area contributed by atoms with E-state index >= 15 is 0 Å². The fourth-order valence-corrected chi connectivity index (χ4v) is 2.24. The minimum Gasteiger partial charge on any atom is -0.483 e. The quantitative estimate of drug-likeness (QED) is 0.860. The number of ether oxygens (including phenoxy) is 1. The zero-order valence-corrected chi connectivity index (χ0v) is 13.2. The smallest absolute Gasteiger partial charge is 0.262 e. The number of pyridine rings is 1. The number of nitrogens with one attached hydrogen (secondary N) is 1. The molecule has 110 valence electrons. The van der Waals surface area contributed by atoms with Gasteiger partial charge in [-0.05, 0) is 43.9 Å². The van der Waals surface area contributed by atoms with E-state index in [4.69, 9.17) is 4.74 Å². The van der Waals surface area contributed by atoms with Crippen LogP contribution in [-0.4, -0.2) is 23.8 Å². The van der Waals surface area contributed by atoms with Crippen LogP contribution in [0.1, 0.15) is 11.1 Å². The maximum atomic E-state index is 11.8. The Morgan fingerprint density at radius 1 is 1.29 bits per heavy atom. The summed E-state index contributed by atoms with van der Waals surface area (Å²) in [5, 5.41) is 3.67. The topological polar surface area (TPSA) is 51.2 Å². The Bertz CT molecular complexity index is 627. The predicted molar refractivity (Wildman–Crippen MR) is 86.1 cm³/mol. The van der Waals surface area contributed by atoms with E-state index in [1.807, 2.05) is 50.4 Å². The number of anilines is 1. The van der Waals surface area contributed by atoms with Crippen molar-refractivity contribution in [1.82, 2.24) is 4.98 Å². The Labute approximate surface area is 128 Å². The molecule has 0 fully saturated rings. The van der Waals surface area contributed by atoms with Crippen LogP contribution < -0.4 is 10.1 Å². The standard InChI is InChI=1S/C16H18N2O2S/c1-11-4-6-14(12(2)8-11)20-10-15(19)18-13-5-7-16(21-3)17-9-13/h4-9H,10H2,1-3H3,(H,18,19). The van der Waals surface area contributed by atoms with Gasteiger partial charge < -0.3 is 10.1 Å². The van der Waals surface area contributed by atoms with E-state index in [1.165, 1.54) is 5.56 Å². The summed E-state index contributed by atoms with van der Waals surface area (Å²) in [7, 11) is 0. The minimum atomic E-state index is -0.200. The second-order valence-electron chi connectivity index (χ2n) is 4.70. The first-order valence-electron chi connectivity index (χ1n) is 6.58. The number of carbonyl (C=O) groups is 1. The molecule has 1 amide bonds. The monoisotopic (exact) mass is 302 g/mol. The first-order chi connectivity index (χ1) is 10.1. The third-order valence-electron chi connectivity index (χ3n) is 2.92. The lowest BCUT2D eigenvalue weighted by Crippen LogP contribution is -2.20. The van der Waals surface area contributed by atoms with Gasteiger partial charge in [0.1, 0.15) is 5.75 Å². The number of carbonyl (C=O) groups excluding carboxylic acids is 1. The zero-order chi connectivity index (χ0) is 15.2. The summed E-state index contributed by atoms with van der Waals surface area (Å²) >= 11 is 1.56. The van der Waals surface area contributed by atoms with Crippen molar-refractivity contribution in [2.45, 2.75) is 18.9 Å². The zero-order valence-electron chi connectivity index (χ0n) is 12.3. The van der Waals surface area contributed by atoms with E-state index in [2.05, 4.69) is 10.3 Å². The van der Waals surface area contributed by atoms with Gasteiger partial charge in [-0.1, -0.05) is 17.7 Å². The number of aryl methyl sites for hydroxylation is 2. The van der Waals surface area contributed by atoms with Crippen molar-refractivity contribution in [3.63, 3.8) is 0 Å². The van der Waals surface area contributed by atoms with Crippen molar-refractivity contribution in [2.24, 2.45) is 0 Å². The Balaban J connectivity index is 1.89. The first-order valence-corrected chi connectivity index (χ1v) is 7.81. The number of aromatic nitrogens is 1. The van der Waals surface area contributed by atoms with Crippen LogP contribution >= 0.6 is 11.8 Å². The van der Waals surface area contributed by atoms with Crippen LogP contribution in [0.4, 0.5) is 5.69 Å². The Hall–Kier alpha value is -2.01. The van der Waals surface area contributed by atoms with Crippen molar-refractivity contribution in [1.29, 1.82) is 0 Å². The van der Waals surface area contributed by atoms with Crippen molar-refractivity contribution in [2.75, 3.05) is 18.2 Å². The van der Waals surface area contributed by atoms with E-state index in [9.17, 15) is 4.79 Å². The number of rotatable bonds is 5. The van der Waals surface area contributed by atoms with Gasteiger partial charge in [0.25, 0.3) is 5.91 Å². The average molecular weight is 302 g/mol. The summed E-state index contributed by atoms with van der Waals surface area (Å²) in [6.45, 7) is 3.97. The molecule has 0 saturated carbocycles. The molecule has 0 aliphatic carbocycles. The molecule has 0 bridgehead atoms. The fourth-order valence-electron chi connectivity index (χ4n) is 1.88. The van der Waals surface area contributed by atoms with Gasteiger partial charge in [-0.25, -0.2) is 4.98 Å². The molecule has 4 nitrogen and oxygen atoms in total. The maximum absolute atomic E-state index is 11.8. The number of benzene rings is 1. The van der Waals surface area contributed by atoms with Gasteiger partial charge in [-0.3, -0.25) is 4.79 Å². The Morgan fingerprint density at radius 3 is 2.71 bits per heavy atom. The van der Waals surface area contributed by atoms with Crippen LogP contribution in [0.25, 0.3) is 0 Å². The van der Waals surface area contributed by atoms with Gasteiger partial charge >= 0.3 is 0 Å². The molecular formula is C16H18N2O2S. The van der Waals surface area contributed by atoms with Crippen molar-refractivity contribution >= 4 is 23.4 Å². The molecule has 0 radical (unpaired) electrons. The molecule has 1 N–H and O–H groups in total. The molecule has 0 spiro atoms. The lowest BCUT2D eigenvalue weighted by atomic mass is 10.1. The fraction of sp³-hybridized carbons (Fsp3) is 0.250. The van der Waals surface area contributed by atoms with E-state index in [0.717, 1.165) is 16.3 Å². The van der Waals surface area contributed by atoms with Crippen LogP contribution in [0.2, 0.25) is 0 Å². The second kappa shape index (κ2) is 7.13. The molecule has 2 aromatic rings. The van der Waals surface area contributed by atoms with Crippen LogP contribution in [0.15, 0.2) is 41.6 Å². The van der Waals surface area contributed by atoms with Gasteiger partial charge in [0.15, 0.2) is 6.61 Å². The highest BCUT2D eigenvalue weighted by Crippen LogP contribution is 2.19. The maximum Gasteiger partial charge on any atom is 0.262 e. The van der Waals surface area contributed by atoms with Crippen LogP contribution in [0, 0.1) is 13.8 Å². The minimum absolute atomic E-state index is 0.0197. The van der Waals surface area contributed by atoms with Crippen LogP contribution in [0.5, 0.6) is 5.75 Å². The highest BCUT2D eigenvalue weighted by Gasteiger charge is 2.06. The largest absolute Gasteiger partial charge is 0.483 e. The molecule has 0 unspecified atom stereocenters. The summed E-state index contributed by atoms with van der Waals surface area (Å²) in [4.78, 5) is 16.0. The third kappa shape index (κ3) is 4.49. The van der Waals surface area contributed by atoms with E-state index in [0.29, 0.717) is 5.69 Å². The van der Waals surface area contributed by atoms with Crippen LogP contribution in [-0.2, 0) is 4.79 Å². The number of hydrogen-bond donors (Lipinski definition) is 1. The second-order valence-corrected chi connectivity index (χ2v) is 5.52. The summed E-state index contributed by atoms with van der Waals surface area (Å²) in [6.07, 6.45) is 3.60. The molecule has 1 aromatic carbocycles. The van der Waals surface area contributed by atoms with E-state index in [-0.39, 0.29) is 12.5 Å². The molecule has 5 heteroatoms. The summed E-state index contributed by atoms with van der Waals surface area (Å²) in [5.41, 5.74) is 2.86. The van der Waals surface area contributed by atoms with Crippen LogP contribution in [0.3, 0.4) is 0 Å². The van der Waals surface area contributed by atoms with Gasteiger partial charge in [0, 0.05) is 0 Å². The predicted octanol–water partition coefficient (Wildman–Crippen LogP) is 3.44. The molecular weight excluding hydrogens is 284 g/mol. The normalized spacial score (nSPS) is 10.2. The molecule has 1 aromatic heterocycles. The SMILES string of the molecule is CSc1ccc(NC(=O)COc2ccc(C)cc2C)cn1. The van der Waals surface area contributed by atoms with Gasteiger partial charge in [0.2, 0.25) is 0 Å². The molecule has 1 heterocycles. The summed E-state index contributed by atoms with van der Waals surface area (Å²) < 4.78 is 5.53. The van der Waals surface area contributed by atoms with E-state index < -0.39 is 0 Å². The van der Waals surface area contributed by atoms with Crippen molar-refractivity contribution < 1.29 is 9.53 Å². The molecule has 0 atom stereocenters. The van der Waals surface area contributed by atoms with Crippen molar-refractivity contribution in [3.05, 3.63) is 47.7 Å². The Kier molecular flexibility index (Phi) is 5.22. The third-order valence-corrected chi connectivity index (χ3v) is 3.58. The molecule has 0 aliphatic heterocycles. The van der Waals surface area contributed by atoms with Crippen molar-refractivity contribution in [3.8, 4) is 5.75 Å². The highest BCUT2D eigenvalue weighted by molar-refractivity contribution is 7.98. The number of nitrogens with zero attached hydrogens (tertiary/aromatic N) is 1. The summed E-state index contributed by atoms with van der Waals surface area (Å²) in [5.74, 6) is 0.528. The van der Waals surface area contributed by atoms with Gasteiger partial charge in [-0.2, -0.15) is 0 Å². The Morgan fingerprint density at radius 2 is 2.10 bits per heavy atom. The van der Waals surface area contributed by atoms with Gasteiger partial charge in [0.05, 0.1) is 16.9 Å². The lowest BCUT2D eigenvalue weighted by Gasteiger charge is -2.10.